The summed E-state index contributed by atoms with van der Waals surface area (Å²) in [6.07, 6.45) is 0.155. The van der Waals surface area contributed by atoms with Gasteiger partial charge in [-0.25, -0.2) is 0 Å². The van der Waals surface area contributed by atoms with Crippen LogP contribution in [-0.2, 0) is 20.9 Å². The van der Waals surface area contributed by atoms with E-state index in [1.165, 1.54) is 6.92 Å². The Bertz CT molecular complexity index is 357. The number of ether oxygens (including phenoxy) is 1. The smallest absolute Gasteiger partial charge is 0.306 e. The summed E-state index contributed by atoms with van der Waals surface area (Å²) >= 11 is 0. The molecule has 0 aliphatic carbocycles. The van der Waals surface area contributed by atoms with Crippen molar-refractivity contribution in [1.29, 1.82) is 0 Å². The zero-order chi connectivity index (χ0) is 12.0. The SMILES string of the molecule is CC(=O)C(C)CC(=O)OCc1ccccc1. The summed E-state index contributed by atoms with van der Waals surface area (Å²) in [6, 6.07) is 9.47. The van der Waals surface area contributed by atoms with E-state index in [1.54, 1.807) is 6.92 Å². The Kier molecular flexibility index (Phi) is 4.70. The first kappa shape index (κ1) is 12.4. The summed E-state index contributed by atoms with van der Waals surface area (Å²) in [6.45, 7) is 3.48. The number of carbonyl (C=O) groups excluding carboxylic acids is 2. The summed E-state index contributed by atoms with van der Waals surface area (Å²) in [5, 5.41) is 0. The average molecular weight is 220 g/mol. The summed E-state index contributed by atoms with van der Waals surface area (Å²) in [7, 11) is 0. The minimum absolute atomic E-state index is 0.0108. The number of carbonyl (C=O) groups is 2. The lowest BCUT2D eigenvalue weighted by Gasteiger charge is -2.07. The number of Topliss-reactive ketones (excluding diaryl/α,β-unsaturated/α-hetero) is 1. The zero-order valence-corrected chi connectivity index (χ0v) is 9.60. The fourth-order valence-electron chi connectivity index (χ4n) is 1.19. The molecule has 86 valence electrons. The van der Waals surface area contributed by atoms with Gasteiger partial charge in [-0.3, -0.25) is 9.59 Å². The molecule has 0 amide bonds. The van der Waals surface area contributed by atoms with Gasteiger partial charge in [-0.15, -0.1) is 0 Å². The molecule has 0 aromatic heterocycles. The first-order valence-electron chi connectivity index (χ1n) is 5.29. The molecular weight excluding hydrogens is 204 g/mol. The van der Waals surface area contributed by atoms with E-state index in [-0.39, 0.29) is 30.7 Å². The Morgan fingerprint density at radius 1 is 1.25 bits per heavy atom. The van der Waals surface area contributed by atoms with Crippen LogP contribution in [0.15, 0.2) is 30.3 Å². The molecule has 1 atom stereocenters. The predicted octanol–water partition coefficient (Wildman–Crippen LogP) is 2.35. The Labute approximate surface area is 95.4 Å². The lowest BCUT2D eigenvalue weighted by molar-refractivity contribution is -0.147. The van der Waals surface area contributed by atoms with Crippen LogP contribution in [0.2, 0.25) is 0 Å². The number of benzene rings is 1. The second-order valence-electron chi connectivity index (χ2n) is 3.86. The highest BCUT2D eigenvalue weighted by Gasteiger charge is 2.13. The van der Waals surface area contributed by atoms with Crippen molar-refractivity contribution in [2.75, 3.05) is 0 Å². The van der Waals surface area contributed by atoms with E-state index in [1.807, 2.05) is 30.3 Å². The summed E-state index contributed by atoms with van der Waals surface area (Å²) in [4.78, 5) is 22.3. The monoisotopic (exact) mass is 220 g/mol. The van der Waals surface area contributed by atoms with E-state index in [0.717, 1.165) is 5.56 Å². The minimum atomic E-state index is -0.327. The molecule has 0 aliphatic rings. The summed E-state index contributed by atoms with van der Waals surface area (Å²) in [5.74, 6) is -0.577. The maximum atomic E-state index is 11.4. The molecule has 16 heavy (non-hydrogen) atoms. The Balaban J connectivity index is 2.33. The molecule has 0 N–H and O–H groups in total. The molecule has 0 radical (unpaired) electrons. The lowest BCUT2D eigenvalue weighted by Crippen LogP contribution is -2.14. The molecule has 0 saturated carbocycles. The fourth-order valence-corrected chi connectivity index (χ4v) is 1.19. The topological polar surface area (TPSA) is 43.4 Å². The van der Waals surface area contributed by atoms with Crippen LogP contribution >= 0.6 is 0 Å². The number of hydrogen-bond donors (Lipinski definition) is 0. The quantitative estimate of drug-likeness (QED) is 0.715. The van der Waals surface area contributed by atoms with Crippen LogP contribution < -0.4 is 0 Å². The molecule has 3 heteroatoms. The molecule has 0 aliphatic heterocycles. The van der Waals surface area contributed by atoms with Gasteiger partial charge >= 0.3 is 5.97 Å². The normalized spacial score (nSPS) is 11.9. The first-order valence-corrected chi connectivity index (χ1v) is 5.29. The van der Waals surface area contributed by atoms with E-state index in [2.05, 4.69) is 0 Å². The highest BCUT2D eigenvalue weighted by atomic mass is 16.5. The summed E-state index contributed by atoms with van der Waals surface area (Å²) in [5.41, 5.74) is 0.950. The van der Waals surface area contributed by atoms with Crippen molar-refractivity contribution < 1.29 is 14.3 Å². The number of hydrogen-bond acceptors (Lipinski definition) is 3. The van der Waals surface area contributed by atoms with Crippen LogP contribution in [0.3, 0.4) is 0 Å². The van der Waals surface area contributed by atoms with E-state index in [9.17, 15) is 9.59 Å². The molecule has 0 saturated heterocycles. The molecule has 1 aromatic carbocycles. The van der Waals surface area contributed by atoms with Crippen molar-refractivity contribution in [1.82, 2.24) is 0 Å². The van der Waals surface area contributed by atoms with E-state index in [0.29, 0.717) is 0 Å². The van der Waals surface area contributed by atoms with Crippen molar-refractivity contribution >= 4 is 11.8 Å². The van der Waals surface area contributed by atoms with Gasteiger partial charge in [0.15, 0.2) is 0 Å². The van der Waals surface area contributed by atoms with Crippen molar-refractivity contribution in [2.24, 2.45) is 5.92 Å². The van der Waals surface area contributed by atoms with Gasteiger partial charge in [0.05, 0.1) is 6.42 Å². The zero-order valence-electron chi connectivity index (χ0n) is 9.60. The lowest BCUT2D eigenvalue weighted by atomic mass is 10.0. The highest BCUT2D eigenvalue weighted by Crippen LogP contribution is 2.07. The number of rotatable bonds is 5. The van der Waals surface area contributed by atoms with Crippen molar-refractivity contribution in [2.45, 2.75) is 26.9 Å². The van der Waals surface area contributed by atoms with E-state index < -0.39 is 0 Å². The standard InChI is InChI=1S/C13H16O3/c1-10(11(2)14)8-13(15)16-9-12-6-4-3-5-7-12/h3-7,10H,8-9H2,1-2H3. The predicted molar refractivity (Wildman–Crippen MR) is 60.7 cm³/mol. The second kappa shape index (κ2) is 6.05. The molecule has 0 fully saturated rings. The van der Waals surface area contributed by atoms with Gasteiger partial charge in [-0.05, 0) is 12.5 Å². The van der Waals surface area contributed by atoms with Crippen molar-refractivity contribution in [3.05, 3.63) is 35.9 Å². The molecule has 3 nitrogen and oxygen atoms in total. The minimum Gasteiger partial charge on any atom is -0.461 e. The highest BCUT2D eigenvalue weighted by molar-refractivity contribution is 5.83. The fraction of sp³-hybridized carbons (Fsp3) is 0.385. The third kappa shape index (κ3) is 4.26. The molecule has 1 rings (SSSR count). The van der Waals surface area contributed by atoms with Crippen LogP contribution in [0.1, 0.15) is 25.8 Å². The van der Waals surface area contributed by atoms with Gasteiger partial charge in [0.25, 0.3) is 0 Å². The summed E-state index contributed by atoms with van der Waals surface area (Å²) < 4.78 is 5.06. The van der Waals surface area contributed by atoms with Crippen LogP contribution in [0.5, 0.6) is 0 Å². The van der Waals surface area contributed by atoms with Crippen molar-refractivity contribution in [3.8, 4) is 0 Å². The average Bonchev–Trinajstić information content (AvgIpc) is 2.27. The van der Waals surface area contributed by atoms with Crippen LogP contribution in [0.4, 0.5) is 0 Å². The Morgan fingerprint density at radius 2 is 1.88 bits per heavy atom. The van der Waals surface area contributed by atoms with Gasteiger partial charge in [-0.1, -0.05) is 37.3 Å². The van der Waals surface area contributed by atoms with Gasteiger partial charge in [0.1, 0.15) is 12.4 Å². The Morgan fingerprint density at radius 3 is 2.44 bits per heavy atom. The third-order valence-electron chi connectivity index (χ3n) is 2.41. The number of ketones is 1. The van der Waals surface area contributed by atoms with Crippen LogP contribution in [0.25, 0.3) is 0 Å². The molecule has 0 heterocycles. The maximum absolute atomic E-state index is 11.4. The van der Waals surface area contributed by atoms with Gasteiger partial charge in [-0.2, -0.15) is 0 Å². The first-order chi connectivity index (χ1) is 7.59. The largest absolute Gasteiger partial charge is 0.461 e. The van der Waals surface area contributed by atoms with Gasteiger partial charge < -0.3 is 4.74 Å². The molecule has 1 unspecified atom stereocenters. The van der Waals surface area contributed by atoms with Crippen molar-refractivity contribution in [3.63, 3.8) is 0 Å². The third-order valence-corrected chi connectivity index (χ3v) is 2.41. The number of esters is 1. The maximum Gasteiger partial charge on any atom is 0.306 e. The molecule has 0 bridgehead atoms. The van der Waals surface area contributed by atoms with E-state index in [4.69, 9.17) is 4.74 Å². The van der Waals surface area contributed by atoms with E-state index >= 15 is 0 Å². The second-order valence-corrected chi connectivity index (χ2v) is 3.86. The van der Waals surface area contributed by atoms with Crippen LogP contribution in [-0.4, -0.2) is 11.8 Å². The molecule has 1 aromatic rings. The molecular formula is C13H16O3. The van der Waals surface area contributed by atoms with Gasteiger partial charge in [0, 0.05) is 5.92 Å². The Hall–Kier alpha value is -1.64. The van der Waals surface area contributed by atoms with Gasteiger partial charge in [0.2, 0.25) is 0 Å². The molecule has 0 spiro atoms. The van der Waals surface area contributed by atoms with Crippen LogP contribution in [0, 0.1) is 5.92 Å².